The Hall–Kier alpha value is -2.71. The Kier molecular flexibility index (Phi) is 3.78. The van der Waals surface area contributed by atoms with Crippen LogP contribution < -0.4 is 0 Å². The molecule has 20 heavy (non-hydrogen) atoms. The lowest BCUT2D eigenvalue weighted by Gasteiger charge is -2.16. The second-order valence-corrected chi connectivity index (χ2v) is 4.19. The Balaban J connectivity index is 2.17. The van der Waals surface area contributed by atoms with Crippen molar-refractivity contribution in [3.8, 4) is 0 Å². The van der Waals surface area contributed by atoms with Crippen molar-refractivity contribution < 1.29 is 9.72 Å². The summed E-state index contributed by atoms with van der Waals surface area (Å²) in [5.41, 5.74) is 0.399. The lowest BCUT2D eigenvalue weighted by Crippen LogP contribution is -2.28. The van der Waals surface area contributed by atoms with Crippen molar-refractivity contribution in [1.29, 1.82) is 0 Å². The van der Waals surface area contributed by atoms with E-state index in [1.165, 1.54) is 4.90 Å². The number of amides is 1. The van der Waals surface area contributed by atoms with Gasteiger partial charge in [-0.05, 0) is 13.0 Å². The standard InChI is InChI=1S/C11H14N6O3/c1-3-16-8(4-5-13-16)7-15(2)11(18)10-9(17(19)20)6-12-14-10/h4-6H,3,7H2,1-2H3,(H,12,14). The third-order valence-corrected chi connectivity index (χ3v) is 2.88. The van der Waals surface area contributed by atoms with Crippen LogP contribution in [-0.4, -0.2) is 42.8 Å². The van der Waals surface area contributed by atoms with E-state index in [-0.39, 0.29) is 11.4 Å². The molecule has 0 radical (unpaired) electrons. The van der Waals surface area contributed by atoms with E-state index in [9.17, 15) is 14.9 Å². The summed E-state index contributed by atoms with van der Waals surface area (Å²) in [6.45, 7) is 2.94. The van der Waals surface area contributed by atoms with Gasteiger partial charge in [-0.3, -0.25) is 24.7 Å². The van der Waals surface area contributed by atoms with E-state index in [1.807, 2.05) is 6.92 Å². The first-order valence-corrected chi connectivity index (χ1v) is 5.98. The molecule has 1 N–H and O–H groups in total. The van der Waals surface area contributed by atoms with Crippen molar-refractivity contribution in [2.24, 2.45) is 0 Å². The molecule has 2 heterocycles. The molecule has 0 bridgehead atoms. The Labute approximate surface area is 114 Å². The summed E-state index contributed by atoms with van der Waals surface area (Å²) in [6.07, 6.45) is 2.67. The first-order chi connectivity index (χ1) is 9.54. The third-order valence-electron chi connectivity index (χ3n) is 2.88. The molecule has 0 saturated heterocycles. The highest BCUT2D eigenvalue weighted by molar-refractivity contribution is 5.95. The summed E-state index contributed by atoms with van der Waals surface area (Å²) in [5, 5.41) is 20.8. The smallest absolute Gasteiger partial charge is 0.319 e. The van der Waals surface area contributed by atoms with Crippen LogP contribution in [0.5, 0.6) is 0 Å². The van der Waals surface area contributed by atoms with E-state index in [2.05, 4.69) is 15.3 Å². The summed E-state index contributed by atoms with van der Waals surface area (Å²) in [5.74, 6) is -0.488. The van der Waals surface area contributed by atoms with Gasteiger partial charge >= 0.3 is 5.69 Å². The fourth-order valence-electron chi connectivity index (χ4n) is 1.86. The van der Waals surface area contributed by atoms with Crippen molar-refractivity contribution in [1.82, 2.24) is 24.9 Å². The van der Waals surface area contributed by atoms with Crippen LogP contribution >= 0.6 is 0 Å². The molecule has 2 aromatic rings. The number of nitro groups is 1. The van der Waals surface area contributed by atoms with Gasteiger partial charge in [-0.15, -0.1) is 0 Å². The lowest BCUT2D eigenvalue weighted by atomic mass is 10.3. The SMILES string of the molecule is CCn1nccc1CN(C)C(=O)c1[nH]ncc1[N+](=O)[O-]. The third kappa shape index (κ3) is 2.51. The van der Waals surface area contributed by atoms with Gasteiger partial charge in [-0.1, -0.05) is 0 Å². The summed E-state index contributed by atoms with van der Waals surface area (Å²) in [4.78, 5) is 23.7. The van der Waals surface area contributed by atoms with E-state index >= 15 is 0 Å². The topological polar surface area (TPSA) is 110 Å². The number of hydrogen-bond donors (Lipinski definition) is 1. The zero-order valence-electron chi connectivity index (χ0n) is 11.1. The van der Waals surface area contributed by atoms with Crippen LogP contribution in [0.3, 0.4) is 0 Å². The number of aromatic nitrogens is 4. The number of rotatable bonds is 5. The maximum atomic E-state index is 12.2. The Morgan fingerprint density at radius 3 is 3.00 bits per heavy atom. The number of carbonyl (C=O) groups is 1. The van der Waals surface area contributed by atoms with Gasteiger partial charge in [0.15, 0.2) is 0 Å². The molecule has 0 aliphatic carbocycles. The van der Waals surface area contributed by atoms with Gasteiger partial charge in [-0.25, -0.2) is 0 Å². The highest BCUT2D eigenvalue weighted by Gasteiger charge is 2.25. The number of carbonyl (C=O) groups excluding carboxylic acids is 1. The van der Waals surface area contributed by atoms with E-state index in [4.69, 9.17) is 0 Å². The molecule has 9 heteroatoms. The number of nitrogens with one attached hydrogen (secondary N) is 1. The van der Waals surface area contributed by atoms with Crippen molar-refractivity contribution >= 4 is 11.6 Å². The van der Waals surface area contributed by atoms with Crippen molar-refractivity contribution in [2.75, 3.05) is 7.05 Å². The van der Waals surface area contributed by atoms with Crippen LogP contribution in [0.25, 0.3) is 0 Å². The van der Waals surface area contributed by atoms with Crippen LogP contribution in [0.15, 0.2) is 18.5 Å². The first kappa shape index (κ1) is 13.7. The van der Waals surface area contributed by atoms with E-state index in [0.29, 0.717) is 13.1 Å². The Morgan fingerprint density at radius 1 is 1.60 bits per heavy atom. The van der Waals surface area contributed by atoms with Crippen LogP contribution in [0, 0.1) is 10.1 Å². The molecule has 106 valence electrons. The molecule has 2 aromatic heterocycles. The van der Waals surface area contributed by atoms with Gasteiger partial charge in [0.05, 0.1) is 17.2 Å². The molecule has 9 nitrogen and oxygen atoms in total. The molecule has 0 saturated carbocycles. The zero-order chi connectivity index (χ0) is 14.7. The minimum Gasteiger partial charge on any atom is -0.334 e. The Bertz CT molecular complexity index is 632. The summed E-state index contributed by atoms with van der Waals surface area (Å²) < 4.78 is 1.76. The van der Waals surface area contributed by atoms with Gasteiger partial charge in [0.25, 0.3) is 5.91 Å². The fraction of sp³-hybridized carbons (Fsp3) is 0.364. The lowest BCUT2D eigenvalue weighted by molar-refractivity contribution is -0.385. The van der Waals surface area contributed by atoms with Gasteiger partial charge < -0.3 is 4.90 Å². The van der Waals surface area contributed by atoms with Gasteiger partial charge in [0.2, 0.25) is 5.69 Å². The normalized spacial score (nSPS) is 10.5. The van der Waals surface area contributed by atoms with Crippen LogP contribution in [0.1, 0.15) is 23.1 Å². The number of aromatic amines is 1. The number of H-pyrrole nitrogens is 1. The maximum absolute atomic E-state index is 12.2. The summed E-state index contributed by atoms with van der Waals surface area (Å²) >= 11 is 0. The predicted molar refractivity (Wildman–Crippen MR) is 68.9 cm³/mol. The zero-order valence-corrected chi connectivity index (χ0v) is 11.1. The maximum Gasteiger partial charge on any atom is 0.319 e. The molecular formula is C11H14N6O3. The number of hydrogen-bond acceptors (Lipinski definition) is 5. The van der Waals surface area contributed by atoms with Crippen LogP contribution in [-0.2, 0) is 13.1 Å². The Morgan fingerprint density at radius 2 is 2.35 bits per heavy atom. The predicted octanol–water partition coefficient (Wildman–Crippen LogP) is 0.806. The largest absolute Gasteiger partial charge is 0.334 e. The monoisotopic (exact) mass is 278 g/mol. The summed E-state index contributed by atoms with van der Waals surface area (Å²) in [7, 11) is 1.57. The minimum absolute atomic E-state index is 0.125. The molecule has 0 unspecified atom stereocenters. The number of aryl methyl sites for hydroxylation is 1. The van der Waals surface area contributed by atoms with E-state index < -0.39 is 10.8 Å². The molecule has 0 spiro atoms. The molecule has 0 aromatic carbocycles. The van der Waals surface area contributed by atoms with Crippen LogP contribution in [0.4, 0.5) is 5.69 Å². The molecule has 0 aliphatic rings. The average Bonchev–Trinajstić information content (AvgIpc) is 3.05. The van der Waals surface area contributed by atoms with Gasteiger partial charge in [-0.2, -0.15) is 10.2 Å². The van der Waals surface area contributed by atoms with E-state index in [1.54, 1.807) is 24.0 Å². The van der Waals surface area contributed by atoms with E-state index in [0.717, 1.165) is 11.9 Å². The van der Waals surface area contributed by atoms with Crippen LogP contribution in [0.2, 0.25) is 0 Å². The second kappa shape index (κ2) is 5.51. The molecule has 1 amide bonds. The molecule has 0 atom stereocenters. The highest BCUT2D eigenvalue weighted by Crippen LogP contribution is 2.17. The van der Waals surface area contributed by atoms with Crippen molar-refractivity contribution in [2.45, 2.75) is 20.0 Å². The highest BCUT2D eigenvalue weighted by atomic mass is 16.6. The molecule has 2 rings (SSSR count). The quantitative estimate of drug-likeness (QED) is 0.642. The van der Waals surface area contributed by atoms with Crippen molar-refractivity contribution in [3.05, 3.63) is 40.0 Å². The molecule has 0 fully saturated rings. The first-order valence-electron chi connectivity index (χ1n) is 5.98. The van der Waals surface area contributed by atoms with Gasteiger partial charge in [0.1, 0.15) is 6.20 Å². The number of nitrogens with zero attached hydrogens (tertiary/aromatic N) is 5. The molecule has 0 aliphatic heterocycles. The van der Waals surface area contributed by atoms with Gasteiger partial charge in [0, 0.05) is 19.8 Å². The minimum atomic E-state index is -0.638. The average molecular weight is 278 g/mol. The second-order valence-electron chi connectivity index (χ2n) is 4.19. The summed E-state index contributed by atoms with van der Waals surface area (Å²) in [6, 6.07) is 1.80. The van der Waals surface area contributed by atoms with Crippen molar-refractivity contribution in [3.63, 3.8) is 0 Å². The molecular weight excluding hydrogens is 264 g/mol. The fourth-order valence-corrected chi connectivity index (χ4v) is 1.86.